The van der Waals surface area contributed by atoms with E-state index in [0.29, 0.717) is 23.9 Å². The Morgan fingerprint density at radius 1 is 1.24 bits per heavy atom. The van der Waals surface area contributed by atoms with Gasteiger partial charge in [-0.2, -0.15) is 0 Å². The van der Waals surface area contributed by atoms with Crippen molar-refractivity contribution in [2.24, 2.45) is 4.99 Å². The first kappa shape index (κ1) is 25.4. The number of aliphatic imine (C=N–C) groups is 1. The van der Waals surface area contributed by atoms with E-state index < -0.39 is 9.84 Å². The summed E-state index contributed by atoms with van der Waals surface area (Å²) in [6.07, 6.45) is 1.22. The molecule has 0 amide bonds. The molecular formula is C20H31IN4O3S. The molecule has 2 N–H and O–H groups in total. The first-order valence-electron chi connectivity index (χ1n) is 9.38. The Morgan fingerprint density at radius 3 is 2.45 bits per heavy atom. The van der Waals surface area contributed by atoms with Crippen LogP contribution in [0.25, 0.3) is 0 Å². The van der Waals surface area contributed by atoms with E-state index in [1.54, 1.807) is 13.0 Å². The first-order valence-corrected chi connectivity index (χ1v) is 11.3. The molecule has 0 bridgehead atoms. The highest BCUT2D eigenvalue weighted by atomic mass is 127. The molecule has 0 aliphatic rings. The summed E-state index contributed by atoms with van der Waals surface area (Å²) in [4.78, 5) is 4.98. The maximum Gasteiger partial charge on any atom is 0.191 e. The minimum absolute atomic E-state index is 0. The Bertz CT molecular complexity index is 935. The summed E-state index contributed by atoms with van der Waals surface area (Å²) in [7, 11) is -3.21. The van der Waals surface area contributed by atoms with Gasteiger partial charge in [0.15, 0.2) is 15.8 Å². The van der Waals surface area contributed by atoms with Crippen LogP contribution in [-0.2, 0) is 16.4 Å². The number of guanidine groups is 1. The second-order valence-electron chi connectivity index (χ2n) is 7.09. The summed E-state index contributed by atoms with van der Waals surface area (Å²) >= 11 is 0. The minimum Gasteiger partial charge on any atom is -0.361 e. The smallest absolute Gasteiger partial charge is 0.191 e. The number of aromatic nitrogens is 1. The normalized spacial score (nSPS) is 13.0. The van der Waals surface area contributed by atoms with Crippen molar-refractivity contribution < 1.29 is 12.9 Å². The van der Waals surface area contributed by atoms with Crippen LogP contribution in [-0.4, -0.2) is 38.9 Å². The van der Waals surface area contributed by atoms with Crippen LogP contribution in [0.15, 0.2) is 32.6 Å². The van der Waals surface area contributed by atoms with Crippen LogP contribution in [0.5, 0.6) is 0 Å². The van der Waals surface area contributed by atoms with E-state index in [-0.39, 0.29) is 29.9 Å². The number of halogens is 1. The van der Waals surface area contributed by atoms with Gasteiger partial charge in [0, 0.05) is 30.8 Å². The number of hydrogen-bond acceptors (Lipinski definition) is 5. The average Bonchev–Trinajstić information content (AvgIpc) is 2.94. The van der Waals surface area contributed by atoms with E-state index in [4.69, 9.17) is 4.52 Å². The summed E-state index contributed by atoms with van der Waals surface area (Å²) in [5, 5.41) is 10.6. The van der Waals surface area contributed by atoms with Crippen LogP contribution >= 0.6 is 24.0 Å². The minimum atomic E-state index is -3.21. The monoisotopic (exact) mass is 534 g/mol. The lowest BCUT2D eigenvalue weighted by molar-refractivity contribution is 0.391. The Balaban J connectivity index is 0.00000420. The molecule has 1 atom stereocenters. The third-order valence-electron chi connectivity index (χ3n) is 4.56. The fourth-order valence-corrected chi connectivity index (χ4v) is 4.24. The van der Waals surface area contributed by atoms with E-state index >= 15 is 0 Å². The standard InChI is InChI=1S/C20H30N4O3S.HI/c1-7-21-20(22-11-14(3)19-15(4)24-27-16(19)5)23-12-17-8-9-18(13(2)10-17)28(6,25)26;/h8-10,14H,7,11-12H2,1-6H3,(H2,21,22,23);1H. The Kier molecular flexibility index (Phi) is 9.60. The number of hydrogen-bond donors (Lipinski definition) is 2. The van der Waals surface area contributed by atoms with Crippen molar-refractivity contribution >= 4 is 39.8 Å². The molecule has 0 aliphatic heterocycles. The lowest BCUT2D eigenvalue weighted by atomic mass is 10.00. The molecule has 0 saturated heterocycles. The molecule has 2 rings (SSSR count). The second-order valence-corrected chi connectivity index (χ2v) is 9.07. The van der Waals surface area contributed by atoms with Crippen LogP contribution in [0.2, 0.25) is 0 Å². The van der Waals surface area contributed by atoms with E-state index in [1.807, 2.05) is 32.9 Å². The van der Waals surface area contributed by atoms with Crippen LogP contribution < -0.4 is 10.6 Å². The van der Waals surface area contributed by atoms with E-state index in [9.17, 15) is 8.42 Å². The van der Waals surface area contributed by atoms with Gasteiger partial charge in [-0.1, -0.05) is 24.2 Å². The Morgan fingerprint density at radius 2 is 1.93 bits per heavy atom. The molecule has 0 aliphatic carbocycles. The number of sulfone groups is 1. The molecule has 1 aromatic carbocycles. The third kappa shape index (κ3) is 6.98. The molecule has 2 aromatic rings. The van der Waals surface area contributed by atoms with Crippen molar-refractivity contribution in [2.75, 3.05) is 19.3 Å². The van der Waals surface area contributed by atoms with Gasteiger partial charge in [0.2, 0.25) is 0 Å². The summed E-state index contributed by atoms with van der Waals surface area (Å²) in [5.41, 5.74) is 3.73. The van der Waals surface area contributed by atoms with E-state index in [1.165, 1.54) is 6.26 Å². The van der Waals surface area contributed by atoms with Gasteiger partial charge in [-0.15, -0.1) is 24.0 Å². The fraction of sp³-hybridized carbons (Fsp3) is 0.500. The van der Waals surface area contributed by atoms with Crippen molar-refractivity contribution in [3.05, 3.63) is 46.3 Å². The lowest BCUT2D eigenvalue weighted by Crippen LogP contribution is -2.39. The van der Waals surface area contributed by atoms with Crippen LogP contribution in [0.4, 0.5) is 0 Å². The molecule has 9 heteroatoms. The predicted octanol–water partition coefficient (Wildman–Crippen LogP) is 3.48. The topological polar surface area (TPSA) is 96.6 Å². The first-order chi connectivity index (χ1) is 13.1. The number of nitrogens with zero attached hydrogens (tertiary/aromatic N) is 2. The molecular weight excluding hydrogens is 503 g/mol. The molecule has 29 heavy (non-hydrogen) atoms. The van der Waals surface area contributed by atoms with Crippen LogP contribution in [0, 0.1) is 20.8 Å². The number of benzene rings is 1. The number of nitrogens with one attached hydrogen (secondary N) is 2. The van der Waals surface area contributed by atoms with Gasteiger partial charge in [-0.25, -0.2) is 13.4 Å². The van der Waals surface area contributed by atoms with Gasteiger partial charge < -0.3 is 15.2 Å². The molecule has 0 spiro atoms. The zero-order valence-electron chi connectivity index (χ0n) is 17.9. The van der Waals surface area contributed by atoms with Crippen molar-refractivity contribution in [2.45, 2.75) is 52.0 Å². The molecule has 1 aromatic heterocycles. The molecule has 0 radical (unpaired) electrons. The van der Waals surface area contributed by atoms with Crippen molar-refractivity contribution in [3.8, 4) is 0 Å². The maximum atomic E-state index is 11.8. The van der Waals surface area contributed by atoms with Gasteiger partial charge in [0.05, 0.1) is 17.1 Å². The van der Waals surface area contributed by atoms with E-state index in [0.717, 1.165) is 34.7 Å². The van der Waals surface area contributed by atoms with Gasteiger partial charge in [-0.05, 0) is 44.9 Å². The van der Waals surface area contributed by atoms with Crippen molar-refractivity contribution in [3.63, 3.8) is 0 Å². The largest absolute Gasteiger partial charge is 0.361 e. The predicted molar refractivity (Wildman–Crippen MR) is 127 cm³/mol. The van der Waals surface area contributed by atoms with Crippen molar-refractivity contribution in [1.82, 2.24) is 15.8 Å². The second kappa shape index (κ2) is 11.0. The summed E-state index contributed by atoms with van der Waals surface area (Å²) in [6.45, 7) is 11.7. The Hall–Kier alpha value is -1.62. The maximum absolute atomic E-state index is 11.8. The summed E-state index contributed by atoms with van der Waals surface area (Å²) in [6, 6.07) is 5.33. The van der Waals surface area contributed by atoms with Crippen LogP contribution in [0.3, 0.4) is 0 Å². The molecule has 1 unspecified atom stereocenters. The van der Waals surface area contributed by atoms with E-state index in [2.05, 4.69) is 27.7 Å². The Labute approximate surface area is 190 Å². The zero-order chi connectivity index (χ0) is 20.9. The highest BCUT2D eigenvalue weighted by Crippen LogP contribution is 2.22. The number of aryl methyl sites for hydroxylation is 3. The average molecular weight is 534 g/mol. The summed E-state index contributed by atoms with van der Waals surface area (Å²) < 4.78 is 28.8. The van der Waals surface area contributed by atoms with Gasteiger partial charge in [0.25, 0.3) is 0 Å². The molecule has 7 nitrogen and oxygen atoms in total. The van der Waals surface area contributed by atoms with Crippen molar-refractivity contribution in [1.29, 1.82) is 0 Å². The molecule has 162 valence electrons. The molecule has 0 fully saturated rings. The SMILES string of the molecule is CCNC(=NCc1ccc(S(C)(=O)=O)c(C)c1)NCC(C)c1c(C)noc1C.I. The van der Waals surface area contributed by atoms with Gasteiger partial charge >= 0.3 is 0 Å². The lowest BCUT2D eigenvalue weighted by Gasteiger charge is -2.16. The highest BCUT2D eigenvalue weighted by Gasteiger charge is 2.16. The molecule has 0 saturated carbocycles. The highest BCUT2D eigenvalue weighted by molar-refractivity contribution is 14.0. The van der Waals surface area contributed by atoms with Gasteiger partial charge in [0.1, 0.15) is 5.76 Å². The van der Waals surface area contributed by atoms with Crippen LogP contribution in [0.1, 0.15) is 47.9 Å². The fourth-order valence-electron chi connectivity index (χ4n) is 3.28. The third-order valence-corrected chi connectivity index (χ3v) is 5.82. The van der Waals surface area contributed by atoms with Gasteiger partial charge in [-0.3, -0.25) is 0 Å². The summed E-state index contributed by atoms with van der Waals surface area (Å²) in [5.74, 6) is 1.78. The quantitative estimate of drug-likeness (QED) is 0.321. The number of rotatable bonds is 7. The molecule has 1 heterocycles. The zero-order valence-corrected chi connectivity index (χ0v) is 21.0.